The van der Waals surface area contributed by atoms with E-state index in [0.717, 1.165) is 29.5 Å². The Hall–Kier alpha value is -2.95. The van der Waals surface area contributed by atoms with Gasteiger partial charge in [0.05, 0.1) is 0 Å². The molecular formula is C22H25N3O2. The minimum Gasteiger partial charge on any atom is -0.344 e. The van der Waals surface area contributed by atoms with Crippen molar-refractivity contribution in [1.82, 2.24) is 15.5 Å². The molecule has 1 amide bonds. The maximum atomic E-state index is 12.3. The van der Waals surface area contributed by atoms with Crippen molar-refractivity contribution in [3.63, 3.8) is 0 Å². The smallest absolute Gasteiger partial charge is 0.249 e. The zero-order valence-corrected chi connectivity index (χ0v) is 15.8. The van der Waals surface area contributed by atoms with E-state index in [0.29, 0.717) is 24.6 Å². The quantitative estimate of drug-likeness (QED) is 0.633. The van der Waals surface area contributed by atoms with Gasteiger partial charge in [-0.3, -0.25) is 4.79 Å². The van der Waals surface area contributed by atoms with Gasteiger partial charge in [0.25, 0.3) is 0 Å². The van der Waals surface area contributed by atoms with Crippen LogP contribution in [0.4, 0.5) is 0 Å². The molecule has 27 heavy (non-hydrogen) atoms. The maximum Gasteiger partial charge on any atom is 0.249 e. The van der Waals surface area contributed by atoms with Crippen LogP contribution in [-0.2, 0) is 11.2 Å². The fourth-order valence-electron chi connectivity index (χ4n) is 2.93. The lowest BCUT2D eigenvalue weighted by Gasteiger charge is -2.15. The lowest BCUT2D eigenvalue weighted by molar-refractivity contribution is -0.122. The highest BCUT2D eigenvalue weighted by molar-refractivity contribution is 5.76. The minimum absolute atomic E-state index is 0.00749. The Morgan fingerprint density at radius 2 is 1.96 bits per heavy atom. The lowest BCUT2D eigenvalue weighted by Crippen LogP contribution is -2.30. The molecule has 0 fully saturated rings. The first-order valence-corrected chi connectivity index (χ1v) is 9.39. The molecule has 0 saturated carbocycles. The van der Waals surface area contributed by atoms with Crippen LogP contribution >= 0.6 is 0 Å². The molecule has 0 bridgehead atoms. The Morgan fingerprint density at radius 1 is 1.15 bits per heavy atom. The number of nitrogens with one attached hydrogen (secondary N) is 1. The van der Waals surface area contributed by atoms with Crippen LogP contribution in [0.1, 0.15) is 49.2 Å². The first-order chi connectivity index (χ1) is 13.2. The standard InChI is InChI=1S/C22H25N3O2/c1-3-4-13-20(26)23-19(15-17-10-6-5-7-11-17)22-24-21(25-27-22)18-12-8-9-16(2)14-18/h5-12,14,19H,3-4,13,15H2,1-2H3,(H,23,26). The van der Waals surface area contributed by atoms with Gasteiger partial charge in [-0.1, -0.05) is 72.6 Å². The van der Waals surface area contributed by atoms with E-state index in [1.165, 1.54) is 0 Å². The van der Waals surface area contributed by atoms with Gasteiger partial charge in [0, 0.05) is 18.4 Å². The van der Waals surface area contributed by atoms with Crippen molar-refractivity contribution in [2.45, 2.75) is 45.6 Å². The van der Waals surface area contributed by atoms with Gasteiger partial charge in [-0.05, 0) is 25.0 Å². The molecule has 5 nitrogen and oxygen atoms in total. The number of aryl methyl sites for hydroxylation is 1. The molecule has 0 aliphatic rings. The van der Waals surface area contributed by atoms with Crippen LogP contribution in [0.15, 0.2) is 59.1 Å². The Bertz CT molecular complexity index is 874. The summed E-state index contributed by atoms with van der Waals surface area (Å²) < 4.78 is 5.52. The Morgan fingerprint density at radius 3 is 2.70 bits per heavy atom. The summed E-state index contributed by atoms with van der Waals surface area (Å²) in [5.41, 5.74) is 3.14. The molecule has 1 heterocycles. The van der Waals surface area contributed by atoms with Crippen LogP contribution < -0.4 is 5.32 Å². The summed E-state index contributed by atoms with van der Waals surface area (Å²) in [5, 5.41) is 7.18. The highest BCUT2D eigenvalue weighted by Crippen LogP contribution is 2.22. The van der Waals surface area contributed by atoms with E-state index in [4.69, 9.17) is 4.52 Å². The average Bonchev–Trinajstić information content (AvgIpc) is 3.17. The predicted molar refractivity (Wildman–Crippen MR) is 105 cm³/mol. The van der Waals surface area contributed by atoms with Crippen LogP contribution in [0, 0.1) is 6.92 Å². The third-order valence-corrected chi connectivity index (χ3v) is 4.39. The van der Waals surface area contributed by atoms with Crippen LogP contribution in [0.25, 0.3) is 11.4 Å². The highest BCUT2D eigenvalue weighted by Gasteiger charge is 2.22. The van der Waals surface area contributed by atoms with Gasteiger partial charge in [-0.2, -0.15) is 4.98 Å². The number of carbonyl (C=O) groups excluding carboxylic acids is 1. The van der Waals surface area contributed by atoms with Crippen molar-refractivity contribution in [3.8, 4) is 11.4 Å². The van der Waals surface area contributed by atoms with Gasteiger partial charge in [-0.25, -0.2) is 0 Å². The number of nitrogens with zero attached hydrogens (tertiary/aromatic N) is 2. The zero-order chi connectivity index (χ0) is 19.1. The first-order valence-electron chi connectivity index (χ1n) is 9.39. The van der Waals surface area contributed by atoms with E-state index in [1.807, 2.05) is 61.5 Å². The first kappa shape index (κ1) is 18.8. The van der Waals surface area contributed by atoms with Crippen molar-refractivity contribution in [1.29, 1.82) is 0 Å². The molecule has 3 rings (SSSR count). The molecule has 2 aromatic carbocycles. The third kappa shape index (κ3) is 5.26. The topological polar surface area (TPSA) is 68.0 Å². The zero-order valence-electron chi connectivity index (χ0n) is 15.8. The number of carbonyl (C=O) groups is 1. The number of hydrogen-bond acceptors (Lipinski definition) is 4. The molecule has 0 aliphatic carbocycles. The van der Waals surface area contributed by atoms with E-state index in [-0.39, 0.29) is 11.9 Å². The van der Waals surface area contributed by atoms with Crippen LogP contribution in [0.3, 0.4) is 0 Å². The number of benzene rings is 2. The lowest BCUT2D eigenvalue weighted by atomic mass is 10.1. The van der Waals surface area contributed by atoms with Crippen LogP contribution in [0.5, 0.6) is 0 Å². The second kappa shape index (κ2) is 9.12. The van der Waals surface area contributed by atoms with Crippen molar-refractivity contribution >= 4 is 5.91 Å². The van der Waals surface area contributed by atoms with Crippen molar-refractivity contribution < 1.29 is 9.32 Å². The van der Waals surface area contributed by atoms with Gasteiger partial charge in [-0.15, -0.1) is 0 Å². The number of unbranched alkanes of at least 4 members (excludes halogenated alkanes) is 1. The molecule has 140 valence electrons. The van der Waals surface area contributed by atoms with Crippen molar-refractivity contribution in [2.75, 3.05) is 0 Å². The van der Waals surface area contributed by atoms with E-state index in [1.54, 1.807) is 0 Å². The fraction of sp³-hybridized carbons (Fsp3) is 0.318. The summed E-state index contributed by atoms with van der Waals surface area (Å²) in [6.07, 6.45) is 2.95. The van der Waals surface area contributed by atoms with Gasteiger partial charge in [0.1, 0.15) is 6.04 Å². The van der Waals surface area contributed by atoms with E-state index >= 15 is 0 Å². The summed E-state index contributed by atoms with van der Waals surface area (Å²) in [6, 6.07) is 17.6. The molecule has 1 atom stereocenters. The van der Waals surface area contributed by atoms with Gasteiger partial charge in [0.15, 0.2) is 0 Å². The normalized spacial score (nSPS) is 11.9. The van der Waals surface area contributed by atoms with Crippen molar-refractivity contribution in [3.05, 3.63) is 71.6 Å². The summed E-state index contributed by atoms with van der Waals surface area (Å²) in [7, 11) is 0. The summed E-state index contributed by atoms with van der Waals surface area (Å²) in [5.74, 6) is 0.975. The molecular weight excluding hydrogens is 338 g/mol. The van der Waals surface area contributed by atoms with Gasteiger partial charge in [0.2, 0.25) is 17.6 Å². The second-order valence-corrected chi connectivity index (χ2v) is 6.74. The molecule has 1 unspecified atom stereocenters. The summed E-state index contributed by atoms with van der Waals surface area (Å²) in [4.78, 5) is 16.9. The molecule has 1 aromatic heterocycles. The number of aromatic nitrogens is 2. The SMILES string of the molecule is CCCCC(=O)NC(Cc1ccccc1)c1nc(-c2cccc(C)c2)no1. The molecule has 0 radical (unpaired) electrons. The van der Waals surface area contributed by atoms with Crippen molar-refractivity contribution in [2.24, 2.45) is 0 Å². The monoisotopic (exact) mass is 363 g/mol. The molecule has 0 aliphatic heterocycles. The van der Waals surface area contributed by atoms with Gasteiger partial charge >= 0.3 is 0 Å². The maximum absolute atomic E-state index is 12.3. The highest BCUT2D eigenvalue weighted by atomic mass is 16.5. The molecule has 0 spiro atoms. The molecule has 1 N–H and O–H groups in total. The predicted octanol–water partition coefficient (Wildman–Crippen LogP) is 4.64. The Labute approximate surface area is 159 Å². The number of amides is 1. The Balaban J connectivity index is 1.82. The molecule has 3 aromatic rings. The van der Waals surface area contributed by atoms with E-state index in [2.05, 4.69) is 22.4 Å². The summed E-state index contributed by atoms with van der Waals surface area (Å²) in [6.45, 7) is 4.09. The number of hydrogen-bond donors (Lipinski definition) is 1. The molecule has 0 saturated heterocycles. The van der Waals surface area contributed by atoms with E-state index in [9.17, 15) is 4.79 Å². The Kier molecular flexibility index (Phi) is 6.36. The van der Waals surface area contributed by atoms with Gasteiger partial charge < -0.3 is 9.84 Å². The minimum atomic E-state index is -0.345. The summed E-state index contributed by atoms with van der Waals surface area (Å²) >= 11 is 0. The van der Waals surface area contributed by atoms with Crippen LogP contribution in [0.2, 0.25) is 0 Å². The van der Waals surface area contributed by atoms with E-state index < -0.39 is 0 Å². The largest absolute Gasteiger partial charge is 0.344 e. The fourth-order valence-corrected chi connectivity index (χ4v) is 2.93. The number of rotatable bonds is 8. The second-order valence-electron chi connectivity index (χ2n) is 6.74. The average molecular weight is 363 g/mol. The molecule has 5 heteroatoms. The third-order valence-electron chi connectivity index (χ3n) is 4.39. The van der Waals surface area contributed by atoms with Crippen LogP contribution in [-0.4, -0.2) is 16.0 Å².